The lowest BCUT2D eigenvalue weighted by atomic mass is 10.1. The highest BCUT2D eigenvalue weighted by Crippen LogP contribution is 2.08. The number of aliphatic hydroxyl groups is 1. The topological polar surface area (TPSA) is 72.8 Å². The molecule has 5 heteroatoms. The number of rotatable bonds is 4. The van der Waals surface area contributed by atoms with E-state index in [1.807, 2.05) is 0 Å². The molecule has 5 nitrogen and oxygen atoms in total. The Hall–Kier alpha value is -1.10. The summed E-state index contributed by atoms with van der Waals surface area (Å²) in [6.45, 7) is 4.73. The molecule has 0 saturated carbocycles. The van der Waals surface area contributed by atoms with Gasteiger partial charge in [-0.05, 0) is 20.3 Å². The summed E-state index contributed by atoms with van der Waals surface area (Å²) in [5.41, 5.74) is -1.16. The third-order valence-corrected chi connectivity index (χ3v) is 1.26. The van der Waals surface area contributed by atoms with E-state index in [0.29, 0.717) is 6.42 Å². The molecule has 0 bridgehead atoms. The van der Waals surface area contributed by atoms with Gasteiger partial charge in [-0.25, -0.2) is 19.4 Å². The van der Waals surface area contributed by atoms with E-state index in [1.54, 1.807) is 6.92 Å². The fraction of sp³-hybridized carbons (Fsp3) is 0.778. The van der Waals surface area contributed by atoms with Gasteiger partial charge < -0.3 is 5.11 Å². The molecule has 82 valence electrons. The molecule has 0 rings (SSSR count). The summed E-state index contributed by atoms with van der Waals surface area (Å²) in [5.74, 6) is -1.35. The second-order valence-corrected chi connectivity index (χ2v) is 3.65. The molecule has 0 spiro atoms. The Morgan fingerprint density at radius 1 is 1.21 bits per heavy atom. The minimum atomic E-state index is -1.16. The minimum absolute atomic E-state index is 0.204. The molecule has 0 aliphatic carbocycles. The highest BCUT2D eigenvalue weighted by Gasteiger charge is 2.20. The van der Waals surface area contributed by atoms with Gasteiger partial charge in [0, 0.05) is 6.42 Å². The van der Waals surface area contributed by atoms with Gasteiger partial charge in [-0.1, -0.05) is 6.92 Å². The van der Waals surface area contributed by atoms with Crippen molar-refractivity contribution < 1.29 is 24.5 Å². The Kier molecular flexibility index (Phi) is 5.15. The van der Waals surface area contributed by atoms with Crippen molar-refractivity contribution in [2.75, 3.05) is 0 Å². The number of hydrogen-bond donors (Lipinski definition) is 1. The molecular weight excluding hydrogens is 188 g/mol. The molecule has 0 atom stereocenters. The molecule has 0 heterocycles. The van der Waals surface area contributed by atoms with Crippen LogP contribution in [-0.2, 0) is 19.4 Å². The zero-order chi connectivity index (χ0) is 11.2. The van der Waals surface area contributed by atoms with E-state index in [0.717, 1.165) is 0 Å². The lowest BCUT2D eigenvalue weighted by molar-refractivity contribution is -0.261. The van der Waals surface area contributed by atoms with E-state index in [9.17, 15) is 14.7 Å². The lowest BCUT2D eigenvalue weighted by Gasteiger charge is -2.14. The van der Waals surface area contributed by atoms with E-state index < -0.39 is 17.5 Å². The van der Waals surface area contributed by atoms with Crippen molar-refractivity contribution in [3.8, 4) is 0 Å². The van der Waals surface area contributed by atoms with E-state index in [4.69, 9.17) is 0 Å². The van der Waals surface area contributed by atoms with Crippen LogP contribution in [0, 0.1) is 0 Å². The largest absolute Gasteiger partial charge is 0.390 e. The van der Waals surface area contributed by atoms with Crippen LogP contribution in [-0.4, -0.2) is 22.6 Å². The lowest BCUT2D eigenvalue weighted by Crippen LogP contribution is -2.25. The molecular formula is C9H16O5. The molecule has 1 N–H and O–H groups in total. The summed E-state index contributed by atoms with van der Waals surface area (Å²) < 4.78 is 0. The smallest absolute Gasteiger partial charge is 0.358 e. The molecule has 0 aliphatic heterocycles. The first-order valence-electron chi connectivity index (χ1n) is 4.47. The van der Waals surface area contributed by atoms with Crippen LogP contribution in [0.5, 0.6) is 0 Å². The fourth-order valence-electron chi connectivity index (χ4n) is 0.721. The molecule has 0 radical (unpaired) electrons. The number of carbonyl (C=O) groups excluding carboxylic acids is 2. The Morgan fingerprint density at radius 2 is 1.71 bits per heavy atom. The summed E-state index contributed by atoms with van der Waals surface area (Å²) in [4.78, 5) is 30.0. The van der Waals surface area contributed by atoms with Crippen LogP contribution in [0.2, 0.25) is 0 Å². The second kappa shape index (κ2) is 5.59. The van der Waals surface area contributed by atoms with E-state index in [-0.39, 0.29) is 12.8 Å². The van der Waals surface area contributed by atoms with Gasteiger partial charge in [0.25, 0.3) is 0 Å². The molecule has 0 aromatic heterocycles. The molecule has 0 saturated heterocycles. The first-order valence-corrected chi connectivity index (χ1v) is 4.47. The van der Waals surface area contributed by atoms with Gasteiger partial charge in [0.15, 0.2) is 0 Å². The standard InChI is InChI=1S/C9H16O5/c1-4-5-7(10)13-14-8(11)6-9(2,3)12/h12H,4-6H2,1-3H3. The normalized spacial score (nSPS) is 10.9. The van der Waals surface area contributed by atoms with E-state index >= 15 is 0 Å². The fourth-order valence-corrected chi connectivity index (χ4v) is 0.721. The van der Waals surface area contributed by atoms with Gasteiger partial charge in [0.05, 0.1) is 12.0 Å². The van der Waals surface area contributed by atoms with Crippen LogP contribution < -0.4 is 0 Å². The van der Waals surface area contributed by atoms with Crippen molar-refractivity contribution in [3.05, 3.63) is 0 Å². The van der Waals surface area contributed by atoms with Crippen LogP contribution in [0.15, 0.2) is 0 Å². The molecule has 0 aromatic rings. The van der Waals surface area contributed by atoms with E-state index in [2.05, 4.69) is 9.78 Å². The van der Waals surface area contributed by atoms with Crippen molar-refractivity contribution in [2.24, 2.45) is 0 Å². The van der Waals surface area contributed by atoms with Gasteiger partial charge in [-0.15, -0.1) is 0 Å². The highest BCUT2D eigenvalue weighted by molar-refractivity contribution is 5.73. The SMILES string of the molecule is CCCC(=O)OOC(=O)CC(C)(C)O. The second-order valence-electron chi connectivity index (χ2n) is 3.65. The van der Waals surface area contributed by atoms with Crippen molar-refractivity contribution >= 4 is 11.9 Å². The summed E-state index contributed by atoms with van der Waals surface area (Å²) in [7, 11) is 0. The Morgan fingerprint density at radius 3 is 2.14 bits per heavy atom. The van der Waals surface area contributed by atoms with Crippen molar-refractivity contribution in [3.63, 3.8) is 0 Å². The van der Waals surface area contributed by atoms with Crippen molar-refractivity contribution in [1.29, 1.82) is 0 Å². The number of carbonyl (C=O) groups is 2. The first-order chi connectivity index (χ1) is 6.35. The maximum Gasteiger partial charge on any atom is 0.358 e. The van der Waals surface area contributed by atoms with E-state index in [1.165, 1.54) is 13.8 Å². The predicted molar refractivity (Wildman–Crippen MR) is 48.0 cm³/mol. The molecule has 0 fully saturated rings. The number of hydrogen-bond acceptors (Lipinski definition) is 5. The summed E-state index contributed by atoms with van der Waals surface area (Å²) in [6, 6.07) is 0. The average molecular weight is 204 g/mol. The van der Waals surface area contributed by atoms with Gasteiger partial charge in [0.1, 0.15) is 0 Å². The highest BCUT2D eigenvalue weighted by atomic mass is 17.2. The molecule has 0 aliphatic rings. The summed E-state index contributed by atoms with van der Waals surface area (Å²) in [5, 5.41) is 9.22. The van der Waals surface area contributed by atoms with Crippen LogP contribution in [0.4, 0.5) is 0 Å². The maximum atomic E-state index is 10.9. The quantitative estimate of drug-likeness (QED) is 0.545. The Balaban J connectivity index is 3.70. The van der Waals surface area contributed by atoms with Crippen LogP contribution >= 0.6 is 0 Å². The molecule has 14 heavy (non-hydrogen) atoms. The third kappa shape index (κ3) is 7.54. The zero-order valence-corrected chi connectivity index (χ0v) is 8.70. The average Bonchev–Trinajstić information content (AvgIpc) is 1.98. The molecule has 0 amide bonds. The van der Waals surface area contributed by atoms with Crippen LogP contribution in [0.25, 0.3) is 0 Å². The maximum absolute atomic E-state index is 10.9. The Bertz CT molecular complexity index is 204. The van der Waals surface area contributed by atoms with Crippen LogP contribution in [0.1, 0.15) is 40.0 Å². The van der Waals surface area contributed by atoms with Crippen molar-refractivity contribution in [2.45, 2.75) is 45.6 Å². The monoisotopic (exact) mass is 204 g/mol. The summed E-state index contributed by atoms with van der Waals surface area (Å²) in [6.07, 6.45) is 0.615. The van der Waals surface area contributed by atoms with Gasteiger partial charge in [-0.2, -0.15) is 0 Å². The van der Waals surface area contributed by atoms with Gasteiger partial charge in [0.2, 0.25) is 0 Å². The third-order valence-electron chi connectivity index (χ3n) is 1.26. The minimum Gasteiger partial charge on any atom is -0.390 e. The first kappa shape index (κ1) is 12.9. The van der Waals surface area contributed by atoms with Crippen molar-refractivity contribution in [1.82, 2.24) is 0 Å². The van der Waals surface area contributed by atoms with Crippen LogP contribution in [0.3, 0.4) is 0 Å². The predicted octanol–water partition coefficient (Wildman–Crippen LogP) is 0.949. The molecule has 0 unspecified atom stereocenters. The summed E-state index contributed by atoms with van der Waals surface area (Å²) >= 11 is 0. The molecule has 0 aromatic carbocycles. The zero-order valence-electron chi connectivity index (χ0n) is 8.70. The van der Waals surface area contributed by atoms with Gasteiger partial charge in [-0.3, -0.25) is 0 Å². The van der Waals surface area contributed by atoms with Gasteiger partial charge >= 0.3 is 11.9 Å². The Labute approximate surface area is 82.9 Å².